The topological polar surface area (TPSA) is 0 Å². The molecule has 0 aromatic rings. The van der Waals surface area contributed by atoms with Crippen LogP contribution in [-0.2, 0) is 0 Å². The molecule has 0 aromatic heterocycles. The molecule has 0 bridgehead atoms. The SMILES string of the molecule is CC(Cl)C1CCCC1. The number of hydrogen-bond donors (Lipinski definition) is 0. The van der Waals surface area contributed by atoms with Crippen molar-refractivity contribution in [1.29, 1.82) is 0 Å². The van der Waals surface area contributed by atoms with E-state index in [9.17, 15) is 0 Å². The Morgan fingerprint density at radius 3 is 2.12 bits per heavy atom. The summed E-state index contributed by atoms with van der Waals surface area (Å²) in [5, 5.41) is 0.414. The predicted octanol–water partition coefficient (Wildman–Crippen LogP) is 2.80. The Hall–Kier alpha value is 0.290. The number of rotatable bonds is 1. The second kappa shape index (κ2) is 2.72. The van der Waals surface area contributed by atoms with Crippen molar-refractivity contribution >= 4 is 11.6 Å². The van der Waals surface area contributed by atoms with E-state index in [1.807, 2.05) is 0 Å². The number of hydrogen-bond acceptors (Lipinski definition) is 0. The van der Waals surface area contributed by atoms with Gasteiger partial charge in [0, 0.05) is 5.38 Å². The van der Waals surface area contributed by atoms with E-state index < -0.39 is 0 Å². The van der Waals surface area contributed by atoms with Crippen molar-refractivity contribution in [3.63, 3.8) is 0 Å². The van der Waals surface area contributed by atoms with Gasteiger partial charge < -0.3 is 0 Å². The van der Waals surface area contributed by atoms with Crippen LogP contribution >= 0.6 is 11.6 Å². The fourth-order valence-electron chi connectivity index (χ4n) is 1.42. The third kappa shape index (κ3) is 1.38. The maximum absolute atomic E-state index is 5.88. The van der Waals surface area contributed by atoms with Crippen LogP contribution < -0.4 is 0 Å². The van der Waals surface area contributed by atoms with Crippen molar-refractivity contribution in [3.8, 4) is 0 Å². The third-order valence-corrected chi connectivity index (χ3v) is 2.41. The summed E-state index contributed by atoms with van der Waals surface area (Å²) < 4.78 is 0. The standard InChI is InChI=1S/C7H13Cl/c1-6(8)7-4-2-3-5-7/h6-7H,2-5H2,1H3. The van der Waals surface area contributed by atoms with E-state index in [1.165, 1.54) is 25.7 Å². The van der Waals surface area contributed by atoms with Crippen LogP contribution in [0.25, 0.3) is 0 Å². The molecule has 1 rings (SSSR count). The first-order chi connectivity index (χ1) is 3.80. The first kappa shape index (κ1) is 6.41. The number of halogens is 1. The van der Waals surface area contributed by atoms with Gasteiger partial charge in [-0.15, -0.1) is 11.6 Å². The molecule has 1 saturated carbocycles. The van der Waals surface area contributed by atoms with Crippen LogP contribution in [0.2, 0.25) is 0 Å². The predicted molar refractivity (Wildman–Crippen MR) is 37.3 cm³/mol. The van der Waals surface area contributed by atoms with Crippen LogP contribution in [0.15, 0.2) is 0 Å². The summed E-state index contributed by atoms with van der Waals surface area (Å²) in [6.45, 7) is 2.11. The first-order valence-corrected chi connectivity index (χ1v) is 3.88. The lowest BCUT2D eigenvalue weighted by molar-refractivity contribution is 0.538. The zero-order valence-electron chi connectivity index (χ0n) is 5.36. The molecule has 8 heavy (non-hydrogen) atoms. The van der Waals surface area contributed by atoms with Crippen molar-refractivity contribution < 1.29 is 0 Å². The molecule has 0 spiro atoms. The second-order valence-corrected chi connectivity index (χ2v) is 3.41. The summed E-state index contributed by atoms with van der Waals surface area (Å²) in [4.78, 5) is 0. The van der Waals surface area contributed by atoms with Crippen molar-refractivity contribution in [2.45, 2.75) is 38.0 Å². The van der Waals surface area contributed by atoms with E-state index in [4.69, 9.17) is 11.6 Å². The molecule has 1 fully saturated rings. The Kier molecular flexibility index (Phi) is 2.18. The summed E-state index contributed by atoms with van der Waals surface area (Å²) in [7, 11) is 0. The second-order valence-electron chi connectivity index (χ2n) is 2.72. The summed E-state index contributed by atoms with van der Waals surface area (Å²) in [6, 6.07) is 0. The van der Waals surface area contributed by atoms with Crippen molar-refractivity contribution in [2.24, 2.45) is 5.92 Å². The molecule has 0 radical (unpaired) electrons. The van der Waals surface area contributed by atoms with E-state index in [0.29, 0.717) is 5.38 Å². The molecule has 48 valence electrons. The largest absolute Gasteiger partial charge is 0.123 e. The molecule has 0 amide bonds. The minimum Gasteiger partial charge on any atom is -0.123 e. The minimum atomic E-state index is 0.414. The molecule has 0 aromatic carbocycles. The summed E-state index contributed by atoms with van der Waals surface area (Å²) in [5.74, 6) is 0.830. The van der Waals surface area contributed by atoms with Crippen molar-refractivity contribution in [3.05, 3.63) is 0 Å². The van der Waals surface area contributed by atoms with Gasteiger partial charge in [0.1, 0.15) is 0 Å². The molecular weight excluding hydrogens is 120 g/mol. The van der Waals surface area contributed by atoms with Gasteiger partial charge in [-0.25, -0.2) is 0 Å². The monoisotopic (exact) mass is 132 g/mol. The van der Waals surface area contributed by atoms with Crippen LogP contribution in [0.5, 0.6) is 0 Å². The van der Waals surface area contributed by atoms with Crippen LogP contribution in [-0.4, -0.2) is 5.38 Å². The zero-order chi connectivity index (χ0) is 5.98. The Morgan fingerprint density at radius 1 is 1.38 bits per heavy atom. The van der Waals surface area contributed by atoms with E-state index in [2.05, 4.69) is 6.92 Å². The first-order valence-electron chi connectivity index (χ1n) is 3.45. The molecule has 0 N–H and O–H groups in total. The lowest BCUT2D eigenvalue weighted by Crippen LogP contribution is -2.05. The van der Waals surface area contributed by atoms with Crippen LogP contribution in [0, 0.1) is 5.92 Å². The smallest absolute Gasteiger partial charge is 0.0336 e. The molecule has 1 unspecified atom stereocenters. The maximum Gasteiger partial charge on any atom is 0.0336 e. The summed E-state index contributed by atoms with van der Waals surface area (Å²) in [5.41, 5.74) is 0. The van der Waals surface area contributed by atoms with Crippen LogP contribution in [0.1, 0.15) is 32.6 Å². The molecule has 1 aliphatic carbocycles. The molecule has 1 aliphatic rings. The van der Waals surface area contributed by atoms with Crippen molar-refractivity contribution in [1.82, 2.24) is 0 Å². The van der Waals surface area contributed by atoms with Gasteiger partial charge in [0.15, 0.2) is 0 Å². The van der Waals surface area contributed by atoms with Crippen molar-refractivity contribution in [2.75, 3.05) is 0 Å². The zero-order valence-corrected chi connectivity index (χ0v) is 6.12. The highest BCUT2D eigenvalue weighted by atomic mass is 35.5. The average molecular weight is 133 g/mol. The molecule has 0 nitrogen and oxygen atoms in total. The highest BCUT2D eigenvalue weighted by Gasteiger charge is 2.18. The van der Waals surface area contributed by atoms with Gasteiger partial charge in [0.2, 0.25) is 0 Å². The van der Waals surface area contributed by atoms with E-state index in [1.54, 1.807) is 0 Å². The van der Waals surface area contributed by atoms with E-state index in [0.717, 1.165) is 5.92 Å². The third-order valence-electron chi connectivity index (χ3n) is 2.05. The van der Waals surface area contributed by atoms with Gasteiger partial charge in [0.25, 0.3) is 0 Å². The Morgan fingerprint density at radius 2 is 1.88 bits per heavy atom. The van der Waals surface area contributed by atoms with Crippen LogP contribution in [0.3, 0.4) is 0 Å². The molecule has 1 atom stereocenters. The molecule has 0 saturated heterocycles. The Balaban J connectivity index is 2.24. The fourth-order valence-corrected chi connectivity index (χ4v) is 1.67. The van der Waals surface area contributed by atoms with Gasteiger partial charge in [-0.1, -0.05) is 12.8 Å². The molecule has 0 heterocycles. The van der Waals surface area contributed by atoms with Gasteiger partial charge in [0.05, 0.1) is 0 Å². The quantitative estimate of drug-likeness (QED) is 0.482. The minimum absolute atomic E-state index is 0.414. The average Bonchev–Trinajstić information content (AvgIpc) is 2.12. The Bertz CT molecular complexity index is 62.8. The molecule has 0 aliphatic heterocycles. The summed E-state index contributed by atoms with van der Waals surface area (Å²) >= 11 is 5.88. The summed E-state index contributed by atoms with van der Waals surface area (Å²) in [6.07, 6.45) is 5.54. The fraction of sp³-hybridized carbons (Fsp3) is 1.00. The van der Waals surface area contributed by atoms with Gasteiger partial charge in [-0.05, 0) is 25.7 Å². The maximum atomic E-state index is 5.88. The van der Waals surface area contributed by atoms with Gasteiger partial charge in [-0.2, -0.15) is 0 Å². The van der Waals surface area contributed by atoms with Gasteiger partial charge in [-0.3, -0.25) is 0 Å². The molecular formula is C7H13Cl. The number of alkyl halides is 1. The van der Waals surface area contributed by atoms with Gasteiger partial charge >= 0.3 is 0 Å². The van der Waals surface area contributed by atoms with E-state index >= 15 is 0 Å². The lowest BCUT2D eigenvalue weighted by atomic mass is 10.1. The highest BCUT2D eigenvalue weighted by molar-refractivity contribution is 6.20. The van der Waals surface area contributed by atoms with Crippen LogP contribution in [0.4, 0.5) is 0 Å². The van der Waals surface area contributed by atoms with E-state index in [-0.39, 0.29) is 0 Å². The highest BCUT2D eigenvalue weighted by Crippen LogP contribution is 2.29. The Labute approximate surface area is 56.2 Å². The normalized spacial score (nSPS) is 26.2. The molecule has 1 heteroatoms. The lowest BCUT2D eigenvalue weighted by Gasteiger charge is -2.09.